The van der Waals surface area contributed by atoms with Crippen LogP contribution in [0.5, 0.6) is 11.5 Å². The number of furan rings is 1. The van der Waals surface area contributed by atoms with Crippen molar-refractivity contribution in [1.29, 1.82) is 0 Å². The number of rotatable bonds is 4. The zero-order valence-electron chi connectivity index (χ0n) is 12.7. The standard InChI is InChI=1S/C18H15NO4S/c20-18(17-10-21-15-3-1-2-4-16(15)23-17)19-9-13-5-6-14(22-13)12-7-8-24-11-12/h1-8,11,17H,9-10H2,(H,19,20)/t17-/m1/s1. The van der Waals surface area contributed by atoms with E-state index in [1.807, 2.05) is 47.2 Å². The minimum atomic E-state index is -0.661. The predicted molar refractivity (Wildman–Crippen MR) is 90.2 cm³/mol. The number of hydrogen-bond donors (Lipinski definition) is 1. The summed E-state index contributed by atoms with van der Waals surface area (Å²) >= 11 is 1.61. The Hall–Kier alpha value is -2.73. The zero-order chi connectivity index (χ0) is 16.4. The summed E-state index contributed by atoms with van der Waals surface area (Å²) in [4.78, 5) is 12.3. The Balaban J connectivity index is 1.36. The second-order valence-corrected chi connectivity index (χ2v) is 6.14. The highest BCUT2D eigenvalue weighted by molar-refractivity contribution is 7.08. The van der Waals surface area contributed by atoms with E-state index in [0.717, 1.165) is 11.3 Å². The van der Waals surface area contributed by atoms with E-state index in [2.05, 4.69) is 5.32 Å². The van der Waals surface area contributed by atoms with Crippen molar-refractivity contribution in [3.63, 3.8) is 0 Å². The summed E-state index contributed by atoms with van der Waals surface area (Å²) in [6, 6.07) is 13.1. The molecule has 0 saturated heterocycles. The molecule has 0 saturated carbocycles. The lowest BCUT2D eigenvalue weighted by Gasteiger charge is -2.25. The van der Waals surface area contributed by atoms with Gasteiger partial charge in [-0.1, -0.05) is 12.1 Å². The summed E-state index contributed by atoms with van der Waals surface area (Å²) in [5.41, 5.74) is 1.04. The van der Waals surface area contributed by atoms with Crippen LogP contribution in [0.3, 0.4) is 0 Å². The van der Waals surface area contributed by atoms with Gasteiger partial charge >= 0.3 is 0 Å². The number of carbonyl (C=O) groups is 1. The third-order valence-electron chi connectivity index (χ3n) is 3.71. The number of benzene rings is 1. The molecule has 3 heterocycles. The van der Waals surface area contributed by atoms with Crippen molar-refractivity contribution in [2.24, 2.45) is 0 Å². The van der Waals surface area contributed by atoms with Crippen LogP contribution in [0, 0.1) is 0 Å². The third kappa shape index (κ3) is 3.00. The number of amides is 1. The van der Waals surface area contributed by atoms with Crippen molar-refractivity contribution in [3.05, 3.63) is 59.0 Å². The lowest BCUT2D eigenvalue weighted by atomic mass is 10.2. The topological polar surface area (TPSA) is 60.7 Å². The first-order chi connectivity index (χ1) is 11.8. The molecule has 0 bridgehead atoms. The van der Waals surface area contributed by atoms with Gasteiger partial charge in [0, 0.05) is 10.9 Å². The van der Waals surface area contributed by atoms with Crippen LogP contribution in [-0.4, -0.2) is 18.6 Å². The van der Waals surface area contributed by atoms with E-state index >= 15 is 0 Å². The molecule has 0 spiro atoms. The molecule has 0 radical (unpaired) electrons. The first-order valence-corrected chi connectivity index (χ1v) is 8.51. The molecule has 0 fully saturated rings. The van der Waals surface area contributed by atoms with Crippen LogP contribution in [0.1, 0.15) is 5.76 Å². The molecule has 1 aromatic carbocycles. The van der Waals surface area contributed by atoms with Crippen LogP contribution in [0.2, 0.25) is 0 Å². The third-order valence-corrected chi connectivity index (χ3v) is 4.39. The first kappa shape index (κ1) is 14.8. The fourth-order valence-electron chi connectivity index (χ4n) is 2.47. The lowest BCUT2D eigenvalue weighted by molar-refractivity contribution is -0.130. The Morgan fingerprint density at radius 2 is 2.04 bits per heavy atom. The van der Waals surface area contributed by atoms with E-state index in [9.17, 15) is 4.79 Å². The monoisotopic (exact) mass is 341 g/mol. The molecule has 0 aliphatic carbocycles. The number of nitrogens with one attached hydrogen (secondary N) is 1. The fraction of sp³-hybridized carbons (Fsp3) is 0.167. The van der Waals surface area contributed by atoms with Gasteiger partial charge in [0.05, 0.1) is 6.54 Å². The van der Waals surface area contributed by atoms with Crippen LogP contribution in [0.15, 0.2) is 57.6 Å². The number of carbonyl (C=O) groups excluding carboxylic acids is 1. The van der Waals surface area contributed by atoms with Crippen LogP contribution in [0.25, 0.3) is 11.3 Å². The molecule has 1 atom stereocenters. The highest BCUT2D eigenvalue weighted by atomic mass is 32.1. The second kappa shape index (κ2) is 6.41. The number of thiophene rings is 1. The van der Waals surface area contributed by atoms with Crippen molar-refractivity contribution in [3.8, 4) is 22.8 Å². The maximum absolute atomic E-state index is 12.3. The van der Waals surface area contributed by atoms with Gasteiger partial charge in [0.25, 0.3) is 5.91 Å². The number of fused-ring (bicyclic) bond motifs is 1. The van der Waals surface area contributed by atoms with Crippen LogP contribution >= 0.6 is 11.3 Å². The maximum atomic E-state index is 12.3. The van der Waals surface area contributed by atoms with E-state index in [4.69, 9.17) is 13.9 Å². The molecule has 3 aromatic rings. The SMILES string of the molecule is O=C(NCc1ccc(-c2ccsc2)o1)[C@H]1COc2ccccc2O1. The van der Waals surface area contributed by atoms with Gasteiger partial charge in [-0.25, -0.2) is 0 Å². The van der Waals surface area contributed by atoms with Crippen molar-refractivity contribution in [1.82, 2.24) is 5.32 Å². The summed E-state index contributed by atoms with van der Waals surface area (Å²) < 4.78 is 17.0. The molecule has 5 nitrogen and oxygen atoms in total. The quantitative estimate of drug-likeness (QED) is 0.789. The largest absolute Gasteiger partial charge is 0.485 e. The van der Waals surface area contributed by atoms with E-state index in [1.54, 1.807) is 17.4 Å². The van der Waals surface area contributed by atoms with Gasteiger partial charge in [-0.3, -0.25) is 4.79 Å². The van der Waals surface area contributed by atoms with Gasteiger partial charge in [0.15, 0.2) is 11.5 Å². The number of ether oxygens (including phenoxy) is 2. The van der Waals surface area contributed by atoms with Gasteiger partial charge in [0.2, 0.25) is 6.10 Å². The molecule has 24 heavy (non-hydrogen) atoms. The Morgan fingerprint density at radius 1 is 1.17 bits per heavy atom. The van der Waals surface area contributed by atoms with Crippen molar-refractivity contribution in [2.45, 2.75) is 12.6 Å². The second-order valence-electron chi connectivity index (χ2n) is 5.36. The Labute approximate surface area is 142 Å². The Morgan fingerprint density at radius 3 is 2.88 bits per heavy atom. The fourth-order valence-corrected chi connectivity index (χ4v) is 3.11. The van der Waals surface area contributed by atoms with Gasteiger partial charge < -0.3 is 19.2 Å². The van der Waals surface area contributed by atoms with Crippen LogP contribution in [-0.2, 0) is 11.3 Å². The van der Waals surface area contributed by atoms with Gasteiger partial charge in [-0.2, -0.15) is 11.3 Å². The Kier molecular flexibility index (Phi) is 3.96. The van der Waals surface area contributed by atoms with Crippen LogP contribution in [0.4, 0.5) is 0 Å². The molecule has 1 amide bonds. The molecule has 0 unspecified atom stereocenters. The molecule has 1 aliphatic heterocycles. The van der Waals surface area contributed by atoms with Gasteiger partial charge in [-0.05, 0) is 35.7 Å². The summed E-state index contributed by atoms with van der Waals surface area (Å²) in [7, 11) is 0. The molecule has 4 rings (SSSR count). The van der Waals surface area contributed by atoms with Gasteiger partial charge in [-0.15, -0.1) is 0 Å². The molecule has 1 N–H and O–H groups in total. The normalized spacial score (nSPS) is 15.9. The highest BCUT2D eigenvalue weighted by Gasteiger charge is 2.27. The van der Waals surface area contributed by atoms with E-state index in [1.165, 1.54) is 0 Å². The van der Waals surface area contributed by atoms with E-state index < -0.39 is 6.10 Å². The van der Waals surface area contributed by atoms with Crippen molar-refractivity contribution < 1.29 is 18.7 Å². The molecular weight excluding hydrogens is 326 g/mol. The molecular formula is C18H15NO4S. The predicted octanol–water partition coefficient (Wildman–Crippen LogP) is 3.46. The Bertz CT molecular complexity index is 840. The maximum Gasteiger partial charge on any atom is 0.265 e. The molecule has 2 aromatic heterocycles. The van der Waals surface area contributed by atoms with Crippen LogP contribution < -0.4 is 14.8 Å². The highest BCUT2D eigenvalue weighted by Crippen LogP contribution is 2.31. The van der Waals surface area contributed by atoms with E-state index in [0.29, 0.717) is 23.8 Å². The average molecular weight is 341 g/mol. The van der Waals surface area contributed by atoms with Crippen molar-refractivity contribution >= 4 is 17.2 Å². The molecule has 122 valence electrons. The summed E-state index contributed by atoms with van der Waals surface area (Å²) in [5, 5.41) is 6.84. The number of hydrogen-bond acceptors (Lipinski definition) is 5. The summed E-state index contributed by atoms with van der Waals surface area (Å²) in [5.74, 6) is 2.51. The van der Waals surface area contributed by atoms with Crippen molar-refractivity contribution in [2.75, 3.05) is 6.61 Å². The molecule has 1 aliphatic rings. The first-order valence-electron chi connectivity index (χ1n) is 7.57. The summed E-state index contributed by atoms with van der Waals surface area (Å²) in [6.07, 6.45) is -0.661. The smallest absolute Gasteiger partial charge is 0.265 e. The average Bonchev–Trinajstić information content (AvgIpc) is 3.30. The minimum Gasteiger partial charge on any atom is -0.485 e. The summed E-state index contributed by atoms with van der Waals surface area (Å²) in [6.45, 7) is 0.506. The number of para-hydroxylation sites is 2. The van der Waals surface area contributed by atoms with E-state index in [-0.39, 0.29) is 12.5 Å². The lowest BCUT2D eigenvalue weighted by Crippen LogP contribution is -2.43. The zero-order valence-corrected chi connectivity index (χ0v) is 13.5. The van der Waals surface area contributed by atoms with Gasteiger partial charge in [0.1, 0.15) is 18.1 Å². The molecule has 6 heteroatoms. The minimum absolute atomic E-state index is 0.196.